The van der Waals surface area contributed by atoms with Gasteiger partial charge >= 0.3 is 11.9 Å². The van der Waals surface area contributed by atoms with Gasteiger partial charge in [0.05, 0.1) is 13.2 Å². The fraction of sp³-hybridized carbons (Fsp3) is 0.600. The first kappa shape index (κ1) is 65.8. The minimum atomic E-state index is -0.601. The molecule has 0 radical (unpaired) electrons. The summed E-state index contributed by atoms with van der Waals surface area (Å²) in [6.07, 6.45) is 85.9. The van der Waals surface area contributed by atoms with Crippen LogP contribution in [0.5, 0.6) is 0 Å². The van der Waals surface area contributed by atoms with E-state index in [9.17, 15) is 9.59 Å². The van der Waals surface area contributed by atoms with Crippen molar-refractivity contribution in [3.63, 3.8) is 0 Å². The van der Waals surface area contributed by atoms with Gasteiger partial charge in [0.2, 0.25) is 0 Å². The summed E-state index contributed by atoms with van der Waals surface area (Å²) in [5, 5.41) is 0. The monoisotopic (exact) mass is 965 g/mol. The molecule has 394 valence electrons. The Labute approximate surface area is 431 Å². The lowest BCUT2D eigenvalue weighted by Gasteiger charge is -2.18. The van der Waals surface area contributed by atoms with Crippen LogP contribution in [0.1, 0.15) is 226 Å². The predicted octanol–water partition coefficient (Wildman–Crippen LogP) is 19.7. The third-order valence-electron chi connectivity index (χ3n) is 11.4. The van der Waals surface area contributed by atoms with Gasteiger partial charge in [-0.25, -0.2) is 0 Å². The highest BCUT2D eigenvalue weighted by Gasteiger charge is 2.17. The Kier molecular flexibility index (Phi) is 55.5. The zero-order chi connectivity index (χ0) is 50.6. The standard InChI is InChI=1S/C65H104O5/c1-4-7-10-13-16-19-22-25-28-31-33-35-37-40-43-46-49-52-55-58-64(66)69-62-63(61-68-60-57-54-51-48-45-42-39-30-27-24-21-18-15-12-9-6-3)70-65(67)59-56-53-50-47-44-41-38-36-34-32-29-26-23-20-17-14-11-8-5-2/h7,9-10,12,16-21,25-30,33-36,42,45,51,54,63H,4-6,8,11,13-15,22-24,31-32,37-41,43-44,46-50,52-53,55-62H2,1-3H3/b10-7-,12-9-,19-16-,20-17-,21-18-,28-25-,29-26-,30-27-,35-33-,36-34-,45-42-,54-51-. The molecule has 0 aliphatic heterocycles. The third-order valence-corrected chi connectivity index (χ3v) is 11.4. The van der Waals surface area contributed by atoms with Crippen molar-refractivity contribution >= 4 is 11.9 Å². The number of allylic oxidation sites excluding steroid dienone is 23. The average Bonchev–Trinajstić information content (AvgIpc) is 3.36. The van der Waals surface area contributed by atoms with E-state index in [2.05, 4.69) is 167 Å². The number of rotatable bonds is 50. The van der Waals surface area contributed by atoms with E-state index in [-0.39, 0.29) is 25.2 Å². The van der Waals surface area contributed by atoms with Gasteiger partial charge in [-0.1, -0.05) is 231 Å². The lowest BCUT2D eigenvalue weighted by molar-refractivity contribution is -0.162. The minimum Gasteiger partial charge on any atom is -0.462 e. The minimum absolute atomic E-state index is 0.0326. The molecule has 0 spiro atoms. The van der Waals surface area contributed by atoms with Crippen molar-refractivity contribution in [3.05, 3.63) is 146 Å². The fourth-order valence-electron chi connectivity index (χ4n) is 7.22. The molecule has 0 saturated carbocycles. The Morgan fingerprint density at radius 1 is 0.329 bits per heavy atom. The summed E-state index contributed by atoms with van der Waals surface area (Å²) in [5.74, 6) is -0.477. The molecular weight excluding hydrogens is 861 g/mol. The van der Waals surface area contributed by atoms with Crippen LogP contribution >= 0.6 is 0 Å². The number of ether oxygens (including phenoxy) is 3. The van der Waals surface area contributed by atoms with E-state index in [4.69, 9.17) is 14.2 Å². The molecule has 5 nitrogen and oxygen atoms in total. The van der Waals surface area contributed by atoms with Crippen LogP contribution in [0, 0.1) is 0 Å². The molecule has 0 aliphatic rings. The van der Waals surface area contributed by atoms with Crippen molar-refractivity contribution in [2.75, 3.05) is 19.8 Å². The number of carbonyl (C=O) groups excluding carboxylic acids is 2. The third kappa shape index (κ3) is 56.4. The summed E-state index contributed by atoms with van der Waals surface area (Å²) in [6, 6.07) is 0. The number of esters is 2. The lowest BCUT2D eigenvalue weighted by atomic mass is 10.1. The second-order valence-electron chi connectivity index (χ2n) is 18.1. The van der Waals surface area contributed by atoms with Crippen molar-refractivity contribution in [1.29, 1.82) is 0 Å². The summed E-state index contributed by atoms with van der Waals surface area (Å²) in [5.41, 5.74) is 0. The molecule has 0 fully saturated rings. The van der Waals surface area contributed by atoms with E-state index in [1.165, 1.54) is 64.2 Å². The molecule has 0 N–H and O–H groups in total. The van der Waals surface area contributed by atoms with Crippen LogP contribution in [0.15, 0.2) is 146 Å². The first-order valence-electron chi connectivity index (χ1n) is 28.4. The fourth-order valence-corrected chi connectivity index (χ4v) is 7.22. The smallest absolute Gasteiger partial charge is 0.306 e. The van der Waals surface area contributed by atoms with E-state index in [0.29, 0.717) is 19.4 Å². The first-order valence-corrected chi connectivity index (χ1v) is 28.4. The zero-order valence-corrected chi connectivity index (χ0v) is 45.2. The summed E-state index contributed by atoms with van der Waals surface area (Å²) in [7, 11) is 0. The summed E-state index contributed by atoms with van der Waals surface area (Å²) < 4.78 is 17.3. The van der Waals surface area contributed by atoms with E-state index < -0.39 is 6.10 Å². The molecule has 1 unspecified atom stereocenters. The average molecular weight is 966 g/mol. The van der Waals surface area contributed by atoms with Gasteiger partial charge in [0.1, 0.15) is 6.61 Å². The second-order valence-corrected chi connectivity index (χ2v) is 18.1. The van der Waals surface area contributed by atoms with Crippen LogP contribution in [0.2, 0.25) is 0 Å². The van der Waals surface area contributed by atoms with Gasteiger partial charge in [-0.05, 0) is 128 Å². The maximum absolute atomic E-state index is 12.9. The molecule has 0 aromatic heterocycles. The topological polar surface area (TPSA) is 61.8 Å². The lowest BCUT2D eigenvalue weighted by Crippen LogP contribution is -2.30. The second kappa shape index (κ2) is 59.1. The largest absolute Gasteiger partial charge is 0.462 e. The maximum Gasteiger partial charge on any atom is 0.306 e. The van der Waals surface area contributed by atoms with E-state index >= 15 is 0 Å². The van der Waals surface area contributed by atoms with E-state index in [0.717, 1.165) is 128 Å². The van der Waals surface area contributed by atoms with Crippen molar-refractivity contribution < 1.29 is 23.8 Å². The summed E-state index contributed by atoms with van der Waals surface area (Å²) in [6.45, 7) is 7.32. The Morgan fingerprint density at radius 3 is 1.03 bits per heavy atom. The molecule has 1 atom stereocenters. The highest BCUT2D eigenvalue weighted by molar-refractivity contribution is 5.70. The Hall–Kier alpha value is -4.22. The number of unbranched alkanes of at least 4 members (excludes halogenated alkanes) is 15. The molecule has 0 aliphatic carbocycles. The molecular formula is C65H104O5. The zero-order valence-electron chi connectivity index (χ0n) is 45.2. The number of hydrogen-bond donors (Lipinski definition) is 0. The predicted molar refractivity (Wildman–Crippen MR) is 306 cm³/mol. The Morgan fingerprint density at radius 2 is 0.643 bits per heavy atom. The van der Waals surface area contributed by atoms with Gasteiger partial charge < -0.3 is 14.2 Å². The molecule has 0 rings (SSSR count). The molecule has 0 bridgehead atoms. The quantitative estimate of drug-likeness (QED) is 0.0345. The molecule has 0 aromatic carbocycles. The highest BCUT2D eigenvalue weighted by atomic mass is 16.6. The molecule has 0 heterocycles. The van der Waals surface area contributed by atoms with Crippen molar-refractivity contribution in [1.82, 2.24) is 0 Å². The molecule has 70 heavy (non-hydrogen) atoms. The molecule has 0 saturated heterocycles. The van der Waals surface area contributed by atoms with Gasteiger partial charge in [0.25, 0.3) is 0 Å². The number of carbonyl (C=O) groups is 2. The number of hydrogen-bond acceptors (Lipinski definition) is 5. The first-order chi connectivity index (χ1) is 34.6. The molecule has 5 heteroatoms. The maximum atomic E-state index is 12.9. The van der Waals surface area contributed by atoms with Crippen LogP contribution in [0.3, 0.4) is 0 Å². The van der Waals surface area contributed by atoms with Gasteiger partial charge in [-0.15, -0.1) is 0 Å². The normalized spacial score (nSPS) is 13.4. The van der Waals surface area contributed by atoms with Crippen LogP contribution in [0.25, 0.3) is 0 Å². The van der Waals surface area contributed by atoms with Crippen molar-refractivity contribution in [3.8, 4) is 0 Å². The van der Waals surface area contributed by atoms with Crippen molar-refractivity contribution in [2.45, 2.75) is 232 Å². The van der Waals surface area contributed by atoms with Gasteiger partial charge in [-0.2, -0.15) is 0 Å². The summed E-state index contributed by atoms with van der Waals surface area (Å²) >= 11 is 0. The van der Waals surface area contributed by atoms with E-state index in [1.807, 2.05) is 0 Å². The van der Waals surface area contributed by atoms with Crippen molar-refractivity contribution in [2.24, 2.45) is 0 Å². The van der Waals surface area contributed by atoms with E-state index in [1.54, 1.807) is 0 Å². The van der Waals surface area contributed by atoms with Gasteiger partial charge in [-0.3, -0.25) is 9.59 Å². The van der Waals surface area contributed by atoms with Crippen LogP contribution in [-0.2, 0) is 23.8 Å². The Balaban J connectivity index is 4.46. The Bertz CT molecular complexity index is 1510. The van der Waals surface area contributed by atoms with Crippen LogP contribution in [0.4, 0.5) is 0 Å². The highest BCUT2D eigenvalue weighted by Crippen LogP contribution is 2.13. The van der Waals surface area contributed by atoms with Crippen LogP contribution in [-0.4, -0.2) is 37.9 Å². The SMILES string of the molecule is CC/C=C\C/C=C\C/C=C\C/C=C\C/C=C\CCOCC(COC(=O)CCCCCCCC/C=C\C/C=C\C/C=C\C/C=C\CC)OC(=O)CCCCCCCC/C=C\C/C=C\C/C=C\CCCCC. The van der Waals surface area contributed by atoms with Crippen LogP contribution < -0.4 is 0 Å². The van der Waals surface area contributed by atoms with Gasteiger partial charge in [0, 0.05) is 12.8 Å². The summed E-state index contributed by atoms with van der Waals surface area (Å²) in [4.78, 5) is 25.5. The molecule has 0 aromatic rings. The molecule has 0 amide bonds. The van der Waals surface area contributed by atoms with Gasteiger partial charge in [0.15, 0.2) is 6.10 Å².